The number of piperidine rings is 1. The number of carbonyl (C=O) groups excluding carboxylic acids is 1. The van der Waals surface area contributed by atoms with Gasteiger partial charge < -0.3 is 4.90 Å². The van der Waals surface area contributed by atoms with Crippen molar-refractivity contribution in [2.45, 2.75) is 51.4 Å². The molecular weight excluding hydrogens is 346 g/mol. The number of nitrogens with zero attached hydrogens (tertiary/aromatic N) is 5. The van der Waals surface area contributed by atoms with E-state index in [1.807, 2.05) is 24.0 Å². The molecule has 0 saturated carbocycles. The second-order valence-corrected chi connectivity index (χ2v) is 8.98. The van der Waals surface area contributed by atoms with E-state index in [0.29, 0.717) is 17.0 Å². The van der Waals surface area contributed by atoms with Crippen molar-refractivity contribution in [3.8, 4) is 5.69 Å². The summed E-state index contributed by atoms with van der Waals surface area (Å²) < 4.78 is 1.72. The predicted molar refractivity (Wildman–Crippen MR) is 103 cm³/mol. The molecule has 0 radical (unpaired) electrons. The van der Waals surface area contributed by atoms with E-state index in [9.17, 15) is 4.79 Å². The first-order valence-corrected chi connectivity index (χ1v) is 10.0. The van der Waals surface area contributed by atoms with E-state index < -0.39 is 0 Å². The lowest BCUT2D eigenvalue weighted by Crippen LogP contribution is -2.45. The molecule has 3 rings (SSSR count). The van der Waals surface area contributed by atoms with Crippen molar-refractivity contribution >= 4 is 17.7 Å². The van der Waals surface area contributed by atoms with E-state index in [1.54, 1.807) is 4.68 Å². The molecule has 2 heterocycles. The second kappa shape index (κ2) is 7.78. The molecular formula is C19H27N5OS. The number of aryl methyl sites for hydroxylation is 2. The zero-order valence-corrected chi connectivity index (χ0v) is 17.0. The Balaban J connectivity index is 1.75. The van der Waals surface area contributed by atoms with Gasteiger partial charge in [0.1, 0.15) is 0 Å². The first kappa shape index (κ1) is 18.9. The predicted octanol–water partition coefficient (Wildman–Crippen LogP) is 3.26. The Labute approximate surface area is 159 Å². The highest BCUT2D eigenvalue weighted by Gasteiger charge is 2.29. The number of carbonyl (C=O) groups is 1. The van der Waals surface area contributed by atoms with Gasteiger partial charge in [0, 0.05) is 13.1 Å². The number of likely N-dealkylation sites (tertiary alicyclic amines) is 1. The number of tetrazole rings is 1. The smallest absolute Gasteiger partial charge is 0.235 e. The summed E-state index contributed by atoms with van der Waals surface area (Å²) in [6.45, 7) is 12.2. The summed E-state index contributed by atoms with van der Waals surface area (Å²) in [5.41, 5.74) is 3.24. The van der Waals surface area contributed by atoms with Gasteiger partial charge in [-0.15, -0.1) is 5.10 Å². The molecule has 1 amide bonds. The van der Waals surface area contributed by atoms with Crippen LogP contribution in [0.3, 0.4) is 0 Å². The van der Waals surface area contributed by atoms with Crippen LogP contribution >= 0.6 is 11.8 Å². The van der Waals surface area contributed by atoms with Crippen molar-refractivity contribution in [3.63, 3.8) is 0 Å². The molecule has 0 unspecified atom stereocenters. The molecule has 2 aromatic rings. The van der Waals surface area contributed by atoms with Crippen molar-refractivity contribution < 1.29 is 4.79 Å². The Bertz CT molecular complexity index is 760. The monoisotopic (exact) mass is 373 g/mol. The number of benzene rings is 1. The van der Waals surface area contributed by atoms with Gasteiger partial charge in [-0.3, -0.25) is 4.79 Å². The van der Waals surface area contributed by atoms with Crippen molar-refractivity contribution in [1.82, 2.24) is 25.1 Å². The molecule has 0 aliphatic carbocycles. The quantitative estimate of drug-likeness (QED) is 0.770. The van der Waals surface area contributed by atoms with E-state index >= 15 is 0 Å². The van der Waals surface area contributed by atoms with Crippen LogP contribution in [0, 0.1) is 25.7 Å². The van der Waals surface area contributed by atoms with Gasteiger partial charge in [-0.25, -0.2) is 0 Å². The molecule has 1 aliphatic heterocycles. The standard InChI is InChI=1S/C19H27N5OS/c1-12-6-13(2)9-17(8-12)24-19(20-21-22-24)26-16(5)18(25)23-10-14(3)7-15(4)11-23/h6,8-9,14-16H,7,10-11H2,1-5H3/t14-,15-,16+/m0/s1. The molecule has 1 fully saturated rings. The topological polar surface area (TPSA) is 63.9 Å². The highest BCUT2D eigenvalue weighted by molar-refractivity contribution is 8.00. The summed E-state index contributed by atoms with van der Waals surface area (Å²) in [4.78, 5) is 14.9. The van der Waals surface area contributed by atoms with Crippen LogP contribution in [0.25, 0.3) is 5.69 Å². The van der Waals surface area contributed by atoms with Gasteiger partial charge in [-0.05, 0) is 72.7 Å². The second-order valence-electron chi connectivity index (χ2n) is 7.67. The van der Waals surface area contributed by atoms with E-state index in [1.165, 1.54) is 18.2 Å². The Morgan fingerprint density at radius 1 is 1.15 bits per heavy atom. The number of hydrogen-bond acceptors (Lipinski definition) is 5. The molecule has 0 spiro atoms. The van der Waals surface area contributed by atoms with Crippen molar-refractivity contribution in [2.75, 3.05) is 13.1 Å². The number of aromatic nitrogens is 4. The molecule has 1 saturated heterocycles. The Kier molecular flexibility index (Phi) is 5.65. The molecule has 140 valence electrons. The van der Waals surface area contributed by atoms with Crippen molar-refractivity contribution in [3.05, 3.63) is 29.3 Å². The van der Waals surface area contributed by atoms with E-state index in [0.717, 1.165) is 29.9 Å². The van der Waals surface area contributed by atoms with Gasteiger partial charge >= 0.3 is 0 Å². The molecule has 7 heteroatoms. The van der Waals surface area contributed by atoms with E-state index in [-0.39, 0.29) is 11.2 Å². The van der Waals surface area contributed by atoms with Gasteiger partial charge in [0.05, 0.1) is 10.9 Å². The molecule has 0 bridgehead atoms. The van der Waals surface area contributed by atoms with Crippen LogP contribution in [0.1, 0.15) is 38.3 Å². The van der Waals surface area contributed by atoms with Crippen LogP contribution in [-0.2, 0) is 4.79 Å². The summed E-state index contributed by atoms with van der Waals surface area (Å²) in [5.74, 6) is 1.28. The fraction of sp³-hybridized carbons (Fsp3) is 0.579. The highest BCUT2D eigenvalue weighted by atomic mass is 32.2. The van der Waals surface area contributed by atoms with E-state index in [4.69, 9.17) is 0 Å². The van der Waals surface area contributed by atoms with Gasteiger partial charge in [0.2, 0.25) is 11.1 Å². The number of thioether (sulfide) groups is 1. The third kappa shape index (κ3) is 4.26. The first-order valence-electron chi connectivity index (χ1n) is 9.16. The normalized spacial score (nSPS) is 21.7. The molecule has 26 heavy (non-hydrogen) atoms. The van der Waals surface area contributed by atoms with Crippen LogP contribution in [0.15, 0.2) is 23.4 Å². The minimum absolute atomic E-state index is 0.170. The lowest BCUT2D eigenvalue weighted by Gasteiger charge is -2.36. The third-order valence-electron chi connectivity index (χ3n) is 4.70. The summed E-state index contributed by atoms with van der Waals surface area (Å²) in [7, 11) is 0. The van der Waals surface area contributed by atoms with Crippen molar-refractivity contribution in [2.24, 2.45) is 11.8 Å². The lowest BCUT2D eigenvalue weighted by molar-refractivity contribution is -0.132. The third-order valence-corrected chi connectivity index (χ3v) is 5.72. The van der Waals surface area contributed by atoms with Gasteiger partial charge in [-0.2, -0.15) is 4.68 Å². The van der Waals surface area contributed by atoms with Crippen LogP contribution in [0.4, 0.5) is 0 Å². The Morgan fingerprint density at radius 2 is 1.77 bits per heavy atom. The van der Waals surface area contributed by atoms with E-state index in [2.05, 4.69) is 49.3 Å². The summed E-state index contributed by atoms with van der Waals surface area (Å²) in [6.07, 6.45) is 1.19. The first-order chi connectivity index (χ1) is 12.3. The highest BCUT2D eigenvalue weighted by Crippen LogP contribution is 2.27. The average Bonchev–Trinajstić information content (AvgIpc) is 3.00. The van der Waals surface area contributed by atoms with Crippen LogP contribution in [0.5, 0.6) is 0 Å². The maximum Gasteiger partial charge on any atom is 0.235 e. The zero-order valence-electron chi connectivity index (χ0n) is 16.1. The summed E-state index contributed by atoms with van der Waals surface area (Å²) >= 11 is 1.42. The fourth-order valence-corrected chi connectivity index (χ4v) is 4.69. The minimum atomic E-state index is -0.219. The molecule has 0 N–H and O–H groups in total. The van der Waals surface area contributed by atoms with Crippen LogP contribution in [0.2, 0.25) is 0 Å². The molecule has 1 aromatic carbocycles. The summed E-state index contributed by atoms with van der Waals surface area (Å²) in [6, 6.07) is 6.22. The average molecular weight is 374 g/mol. The van der Waals surface area contributed by atoms with Crippen LogP contribution < -0.4 is 0 Å². The lowest BCUT2D eigenvalue weighted by atomic mass is 9.92. The number of rotatable bonds is 4. The number of hydrogen-bond donors (Lipinski definition) is 0. The number of amides is 1. The van der Waals surface area contributed by atoms with Gasteiger partial charge in [0.15, 0.2) is 0 Å². The van der Waals surface area contributed by atoms with Gasteiger partial charge in [-0.1, -0.05) is 31.7 Å². The molecule has 1 aliphatic rings. The SMILES string of the molecule is Cc1cc(C)cc(-n2nnnc2S[C@H](C)C(=O)N2C[C@@H](C)C[C@H](C)C2)c1. The zero-order chi connectivity index (χ0) is 18.8. The maximum atomic E-state index is 12.9. The molecule has 3 atom stereocenters. The largest absolute Gasteiger partial charge is 0.341 e. The van der Waals surface area contributed by atoms with Crippen LogP contribution in [-0.4, -0.2) is 49.4 Å². The molecule has 1 aromatic heterocycles. The fourth-order valence-electron chi connectivity index (χ4n) is 3.80. The van der Waals surface area contributed by atoms with Crippen molar-refractivity contribution in [1.29, 1.82) is 0 Å². The maximum absolute atomic E-state index is 12.9. The Morgan fingerprint density at radius 3 is 2.38 bits per heavy atom. The minimum Gasteiger partial charge on any atom is -0.341 e. The summed E-state index contributed by atoms with van der Waals surface area (Å²) in [5, 5.41) is 12.5. The molecule has 6 nitrogen and oxygen atoms in total. The van der Waals surface area contributed by atoms with Gasteiger partial charge in [0.25, 0.3) is 0 Å². The Hall–Kier alpha value is -1.89.